The lowest BCUT2D eigenvalue weighted by Gasteiger charge is -2.38. The molecule has 2 aromatic rings. The normalized spacial score (nSPS) is 25.7. The Hall–Kier alpha value is -2.49. The summed E-state index contributed by atoms with van der Waals surface area (Å²) in [4.78, 5) is 14.2. The van der Waals surface area contributed by atoms with E-state index in [0.717, 1.165) is 36.2 Å². The van der Waals surface area contributed by atoms with Crippen LogP contribution < -0.4 is 10.6 Å². The zero-order valence-electron chi connectivity index (χ0n) is 18.9. The van der Waals surface area contributed by atoms with Gasteiger partial charge >= 0.3 is 6.03 Å². The Morgan fingerprint density at radius 2 is 1.97 bits per heavy atom. The summed E-state index contributed by atoms with van der Waals surface area (Å²) in [5, 5.41) is 24.8. The first-order chi connectivity index (χ1) is 16.0. The SMILES string of the molecule is CCNC(=O)Nc1cccc([C@H]2O[C@@H](CN3CC[C@H](O)C3)C[C@@H](c3ccc(CO)cc3)O2)c1. The molecule has 2 fully saturated rings. The number of amides is 2. The average molecular weight is 456 g/mol. The fraction of sp³-hybridized carbons (Fsp3) is 0.480. The lowest BCUT2D eigenvalue weighted by molar-refractivity contribution is -0.252. The maximum atomic E-state index is 11.9. The van der Waals surface area contributed by atoms with Gasteiger partial charge in [-0.2, -0.15) is 0 Å². The van der Waals surface area contributed by atoms with Gasteiger partial charge < -0.3 is 30.3 Å². The van der Waals surface area contributed by atoms with Crippen LogP contribution in [0.4, 0.5) is 10.5 Å². The topological polar surface area (TPSA) is 103 Å². The van der Waals surface area contributed by atoms with Crippen LogP contribution in [0.25, 0.3) is 0 Å². The number of rotatable bonds is 7. The highest BCUT2D eigenvalue weighted by Crippen LogP contribution is 2.38. The lowest BCUT2D eigenvalue weighted by Crippen LogP contribution is -2.38. The molecule has 0 spiro atoms. The van der Waals surface area contributed by atoms with Crippen LogP contribution in [0.2, 0.25) is 0 Å². The number of urea groups is 1. The number of β-amino-alcohol motifs (C(OH)–C–C–N with tert-alkyl or cyclic N) is 1. The Morgan fingerprint density at radius 3 is 2.67 bits per heavy atom. The van der Waals surface area contributed by atoms with Crippen molar-refractivity contribution in [2.75, 3.05) is 31.5 Å². The summed E-state index contributed by atoms with van der Waals surface area (Å²) in [6.07, 6.45) is 0.366. The van der Waals surface area contributed by atoms with Crippen LogP contribution in [-0.2, 0) is 16.1 Å². The standard InChI is InChI=1S/C25H33N3O5/c1-2-26-25(31)27-20-5-3-4-19(12-20)24-32-22(15-28-11-10-21(30)14-28)13-23(33-24)18-8-6-17(16-29)7-9-18/h3-9,12,21-24,29-30H,2,10-11,13-16H2,1H3,(H2,26,27,31)/t21-,22+,23-,24-/m0/s1. The highest BCUT2D eigenvalue weighted by molar-refractivity contribution is 5.89. The summed E-state index contributed by atoms with van der Waals surface area (Å²) < 4.78 is 12.7. The lowest BCUT2D eigenvalue weighted by atomic mass is 9.99. The molecule has 4 atom stereocenters. The van der Waals surface area contributed by atoms with E-state index in [2.05, 4.69) is 15.5 Å². The Labute approximate surface area is 194 Å². The molecule has 0 unspecified atom stereocenters. The quantitative estimate of drug-likeness (QED) is 0.512. The number of benzene rings is 2. The minimum atomic E-state index is -0.588. The number of anilines is 1. The molecule has 0 aliphatic carbocycles. The van der Waals surface area contributed by atoms with E-state index in [4.69, 9.17) is 9.47 Å². The molecular formula is C25H33N3O5. The fourth-order valence-electron chi connectivity index (χ4n) is 4.40. The second-order valence-corrected chi connectivity index (χ2v) is 8.66. The molecular weight excluding hydrogens is 422 g/mol. The third kappa shape index (κ3) is 6.31. The van der Waals surface area contributed by atoms with Crippen LogP contribution in [0.5, 0.6) is 0 Å². The van der Waals surface area contributed by atoms with Crippen LogP contribution in [-0.4, -0.2) is 59.5 Å². The molecule has 2 aliphatic rings. The Balaban J connectivity index is 1.53. The first-order valence-corrected chi connectivity index (χ1v) is 11.6. The second kappa shape index (κ2) is 11.1. The van der Waals surface area contributed by atoms with Gasteiger partial charge in [-0.05, 0) is 36.6 Å². The predicted octanol–water partition coefficient (Wildman–Crippen LogP) is 2.93. The van der Waals surface area contributed by atoms with E-state index in [1.165, 1.54) is 0 Å². The molecule has 2 heterocycles. The fourth-order valence-corrected chi connectivity index (χ4v) is 4.40. The Bertz CT molecular complexity index is 923. The molecule has 0 saturated carbocycles. The highest BCUT2D eigenvalue weighted by atomic mass is 16.7. The number of aliphatic hydroxyl groups is 2. The molecule has 8 nitrogen and oxygen atoms in total. The summed E-state index contributed by atoms with van der Waals surface area (Å²) in [6, 6.07) is 15.0. The summed E-state index contributed by atoms with van der Waals surface area (Å²) in [6.45, 7) is 4.65. The number of carbonyl (C=O) groups is 1. The van der Waals surface area contributed by atoms with Gasteiger partial charge in [-0.25, -0.2) is 4.79 Å². The van der Waals surface area contributed by atoms with Crippen molar-refractivity contribution in [3.8, 4) is 0 Å². The second-order valence-electron chi connectivity index (χ2n) is 8.66. The smallest absolute Gasteiger partial charge is 0.319 e. The number of carbonyl (C=O) groups excluding carboxylic acids is 1. The molecule has 178 valence electrons. The largest absolute Gasteiger partial charge is 0.392 e. The maximum Gasteiger partial charge on any atom is 0.319 e. The molecule has 8 heteroatoms. The minimum Gasteiger partial charge on any atom is -0.392 e. The van der Waals surface area contributed by atoms with Crippen molar-refractivity contribution >= 4 is 11.7 Å². The van der Waals surface area contributed by atoms with Crippen LogP contribution >= 0.6 is 0 Å². The van der Waals surface area contributed by atoms with E-state index in [-0.39, 0.29) is 30.9 Å². The number of aliphatic hydroxyl groups excluding tert-OH is 2. The number of ether oxygens (including phenoxy) is 2. The van der Waals surface area contributed by atoms with Gasteiger partial charge in [-0.1, -0.05) is 36.4 Å². The molecule has 4 N–H and O–H groups in total. The molecule has 0 aromatic heterocycles. The molecule has 2 aliphatic heterocycles. The molecule has 4 rings (SSSR count). The van der Waals surface area contributed by atoms with Crippen molar-refractivity contribution < 1.29 is 24.5 Å². The van der Waals surface area contributed by atoms with E-state index in [1.807, 2.05) is 55.5 Å². The van der Waals surface area contributed by atoms with Gasteiger partial charge in [0.25, 0.3) is 0 Å². The van der Waals surface area contributed by atoms with Crippen molar-refractivity contribution in [1.29, 1.82) is 0 Å². The van der Waals surface area contributed by atoms with Crippen LogP contribution in [0.3, 0.4) is 0 Å². The molecule has 2 aromatic carbocycles. The first-order valence-electron chi connectivity index (χ1n) is 11.6. The third-order valence-corrected chi connectivity index (χ3v) is 6.08. The average Bonchev–Trinajstić information content (AvgIpc) is 3.23. The van der Waals surface area contributed by atoms with Crippen molar-refractivity contribution in [2.24, 2.45) is 0 Å². The summed E-state index contributed by atoms with van der Waals surface area (Å²) in [5.74, 6) is 0. The van der Waals surface area contributed by atoms with E-state index in [0.29, 0.717) is 25.2 Å². The number of nitrogens with one attached hydrogen (secondary N) is 2. The monoisotopic (exact) mass is 455 g/mol. The van der Waals surface area contributed by atoms with Crippen LogP contribution in [0.15, 0.2) is 48.5 Å². The van der Waals surface area contributed by atoms with Gasteiger partial charge in [0.15, 0.2) is 6.29 Å². The molecule has 33 heavy (non-hydrogen) atoms. The van der Waals surface area contributed by atoms with Crippen molar-refractivity contribution in [2.45, 2.75) is 51.0 Å². The minimum absolute atomic E-state index is 0.00283. The Morgan fingerprint density at radius 1 is 1.15 bits per heavy atom. The molecule has 0 radical (unpaired) electrons. The van der Waals surface area contributed by atoms with Crippen molar-refractivity contribution in [1.82, 2.24) is 10.2 Å². The van der Waals surface area contributed by atoms with Gasteiger partial charge in [0.1, 0.15) is 0 Å². The van der Waals surface area contributed by atoms with Crippen LogP contribution in [0.1, 0.15) is 48.8 Å². The highest BCUT2D eigenvalue weighted by Gasteiger charge is 2.34. The molecule has 2 saturated heterocycles. The van der Waals surface area contributed by atoms with Gasteiger partial charge in [0, 0.05) is 43.9 Å². The number of likely N-dealkylation sites (tertiary alicyclic amines) is 1. The summed E-state index contributed by atoms with van der Waals surface area (Å²) in [7, 11) is 0. The summed E-state index contributed by atoms with van der Waals surface area (Å²) in [5.41, 5.74) is 3.38. The predicted molar refractivity (Wildman–Crippen MR) is 125 cm³/mol. The Kier molecular flexibility index (Phi) is 7.95. The zero-order chi connectivity index (χ0) is 23.2. The number of hydrogen-bond donors (Lipinski definition) is 4. The van der Waals surface area contributed by atoms with E-state index >= 15 is 0 Å². The van der Waals surface area contributed by atoms with E-state index in [1.54, 1.807) is 0 Å². The van der Waals surface area contributed by atoms with Crippen molar-refractivity contribution in [3.05, 3.63) is 65.2 Å². The van der Waals surface area contributed by atoms with Crippen LogP contribution in [0, 0.1) is 0 Å². The van der Waals surface area contributed by atoms with Gasteiger partial charge in [-0.15, -0.1) is 0 Å². The van der Waals surface area contributed by atoms with Gasteiger partial charge in [0.2, 0.25) is 0 Å². The first kappa shape index (κ1) is 23.7. The maximum absolute atomic E-state index is 11.9. The zero-order valence-corrected chi connectivity index (χ0v) is 18.9. The van der Waals surface area contributed by atoms with E-state index < -0.39 is 6.29 Å². The molecule has 2 amide bonds. The van der Waals surface area contributed by atoms with Gasteiger partial charge in [0.05, 0.1) is 24.9 Å². The number of hydrogen-bond acceptors (Lipinski definition) is 6. The van der Waals surface area contributed by atoms with Gasteiger partial charge in [-0.3, -0.25) is 4.90 Å². The molecule has 0 bridgehead atoms. The van der Waals surface area contributed by atoms with Crippen molar-refractivity contribution in [3.63, 3.8) is 0 Å². The third-order valence-electron chi connectivity index (χ3n) is 6.08. The summed E-state index contributed by atoms with van der Waals surface area (Å²) >= 11 is 0. The van der Waals surface area contributed by atoms with E-state index in [9.17, 15) is 15.0 Å². The number of nitrogens with zero attached hydrogens (tertiary/aromatic N) is 1.